The normalized spacial score (nSPS) is 11.1. The lowest BCUT2D eigenvalue weighted by atomic mass is 10.2. The average molecular weight is 243 g/mol. The van der Waals surface area contributed by atoms with Gasteiger partial charge in [0.2, 0.25) is 0 Å². The number of hydrogen-bond donors (Lipinski definition) is 1. The first-order chi connectivity index (χ1) is 7.45. The van der Waals surface area contributed by atoms with Crippen LogP contribution in [0.3, 0.4) is 0 Å². The first-order valence-electron chi connectivity index (χ1n) is 4.67. The number of amides is 1. The van der Waals surface area contributed by atoms with E-state index in [0.29, 0.717) is 12.2 Å². The SMILES string of the molecule is CCONC(=O)c1ccc(S(C)(=O)=O)cc1. The Morgan fingerprint density at radius 1 is 1.31 bits per heavy atom. The van der Waals surface area contributed by atoms with Gasteiger partial charge in [-0.15, -0.1) is 0 Å². The van der Waals surface area contributed by atoms with Crippen LogP contribution in [0.1, 0.15) is 17.3 Å². The zero-order chi connectivity index (χ0) is 12.2. The summed E-state index contributed by atoms with van der Waals surface area (Å²) in [6.45, 7) is 2.11. The molecule has 6 heteroatoms. The van der Waals surface area contributed by atoms with Crippen LogP contribution in [0.25, 0.3) is 0 Å². The van der Waals surface area contributed by atoms with E-state index >= 15 is 0 Å². The van der Waals surface area contributed by atoms with Crippen LogP contribution in [-0.4, -0.2) is 27.2 Å². The van der Waals surface area contributed by atoms with Gasteiger partial charge in [0.05, 0.1) is 11.5 Å². The molecule has 5 nitrogen and oxygen atoms in total. The number of sulfone groups is 1. The fourth-order valence-electron chi connectivity index (χ4n) is 1.05. The zero-order valence-electron chi connectivity index (χ0n) is 9.06. The van der Waals surface area contributed by atoms with E-state index in [4.69, 9.17) is 4.84 Å². The van der Waals surface area contributed by atoms with Crippen molar-refractivity contribution in [2.75, 3.05) is 12.9 Å². The Labute approximate surface area is 94.3 Å². The highest BCUT2D eigenvalue weighted by Crippen LogP contribution is 2.10. The molecular weight excluding hydrogens is 230 g/mol. The minimum atomic E-state index is -3.23. The highest BCUT2D eigenvalue weighted by Gasteiger charge is 2.09. The molecule has 1 N–H and O–H groups in total. The van der Waals surface area contributed by atoms with Crippen molar-refractivity contribution in [1.29, 1.82) is 0 Å². The van der Waals surface area contributed by atoms with Gasteiger partial charge in [0.15, 0.2) is 9.84 Å². The molecule has 0 aliphatic heterocycles. The molecular formula is C10H13NO4S. The molecule has 1 aromatic carbocycles. The first kappa shape index (κ1) is 12.7. The summed E-state index contributed by atoms with van der Waals surface area (Å²) in [6, 6.07) is 5.64. The third kappa shape index (κ3) is 3.32. The van der Waals surface area contributed by atoms with Crippen LogP contribution in [-0.2, 0) is 14.7 Å². The molecule has 0 aliphatic rings. The summed E-state index contributed by atoms with van der Waals surface area (Å²) >= 11 is 0. The van der Waals surface area contributed by atoms with E-state index in [-0.39, 0.29) is 4.90 Å². The molecule has 0 saturated carbocycles. The Morgan fingerprint density at radius 2 is 1.88 bits per heavy atom. The van der Waals surface area contributed by atoms with Gasteiger partial charge in [-0.1, -0.05) is 0 Å². The number of benzene rings is 1. The molecule has 1 aromatic rings. The van der Waals surface area contributed by atoms with Crippen LogP contribution in [0.4, 0.5) is 0 Å². The Balaban J connectivity index is 2.83. The summed E-state index contributed by atoms with van der Waals surface area (Å²) in [6.07, 6.45) is 1.11. The van der Waals surface area contributed by atoms with Crippen LogP contribution < -0.4 is 5.48 Å². The predicted molar refractivity (Wildman–Crippen MR) is 58.6 cm³/mol. The summed E-state index contributed by atoms with van der Waals surface area (Å²) < 4.78 is 22.3. The summed E-state index contributed by atoms with van der Waals surface area (Å²) in [5.74, 6) is -0.401. The van der Waals surface area contributed by atoms with Gasteiger partial charge in [-0.25, -0.2) is 13.9 Å². The van der Waals surface area contributed by atoms with Gasteiger partial charge in [-0.2, -0.15) is 0 Å². The number of carbonyl (C=O) groups is 1. The molecule has 0 radical (unpaired) electrons. The van der Waals surface area contributed by atoms with E-state index < -0.39 is 15.7 Å². The standard InChI is InChI=1S/C10H13NO4S/c1-3-15-11-10(12)8-4-6-9(7-5-8)16(2,13)14/h4-7H,3H2,1-2H3,(H,11,12). The van der Waals surface area contributed by atoms with E-state index in [2.05, 4.69) is 5.48 Å². The van der Waals surface area contributed by atoms with Gasteiger partial charge in [0.1, 0.15) is 0 Å². The van der Waals surface area contributed by atoms with Gasteiger partial charge in [-0.05, 0) is 31.2 Å². The van der Waals surface area contributed by atoms with E-state index in [9.17, 15) is 13.2 Å². The minimum absolute atomic E-state index is 0.181. The monoisotopic (exact) mass is 243 g/mol. The second-order valence-corrected chi connectivity index (χ2v) is 5.18. The lowest BCUT2D eigenvalue weighted by Crippen LogP contribution is -2.23. The minimum Gasteiger partial charge on any atom is -0.274 e. The number of carbonyl (C=O) groups excluding carboxylic acids is 1. The lowest BCUT2D eigenvalue weighted by molar-refractivity contribution is 0.0364. The van der Waals surface area contributed by atoms with E-state index in [0.717, 1.165) is 6.26 Å². The maximum absolute atomic E-state index is 11.4. The number of hydrogen-bond acceptors (Lipinski definition) is 4. The molecule has 0 unspecified atom stereocenters. The lowest BCUT2D eigenvalue weighted by Gasteiger charge is -2.04. The number of rotatable bonds is 4. The molecule has 0 heterocycles. The molecule has 0 aliphatic carbocycles. The molecule has 88 valence electrons. The van der Waals surface area contributed by atoms with Gasteiger partial charge < -0.3 is 0 Å². The van der Waals surface area contributed by atoms with Crippen LogP contribution in [0.2, 0.25) is 0 Å². The maximum Gasteiger partial charge on any atom is 0.274 e. The van der Waals surface area contributed by atoms with Crippen molar-refractivity contribution in [3.63, 3.8) is 0 Å². The van der Waals surface area contributed by atoms with E-state index in [1.54, 1.807) is 6.92 Å². The molecule has 16 heavy (non-hydrogen) atoms. The molecule has 1 rings (SSSR count). The third-order valence-electron chi connectivity index (χ3n) is 1.85. The molecule has 0 fully saturated rings. The fourth-order valence-corrected chi connectivity index (χ4v) is 1.68. The summed E-state index contributed by atoms with van der Waals surface area (Å²) in [4.78, 5) is 16.3. The second kappa shape index (κ2) is 5.09. The van der Waals surface area contributed by atoms with E-state index in [1.807, 2.05) is 0 Å². The zero-order valence-corrected chi connectivity index (χ0v) is 9.87. The predicted octanol–water partition coefficient (Wildman–Crippen LogP) is 0.771. The quantitative estimate of drug-likeness (QED) is 0.793. The molecule has 0 spiro atoms. The molecule has 0 aromatic heterocycles. The van der Waals surface area contributed by atoms with Crippen molar-refractivity contribution in [2.45, 2.75) is 11.8 Å². The summed E-state index contributed by atoms with van der Waals surface area (Å²) in [5, 5.41) is 0. The number of hydroxylamine groups is 1. The molecule has 0 bridgehead atoms. The van der Waals surface area contributed by atoms with Gasteiger partial charge in [0.25, 0.3) is 5.91 Å². The Kier molecular flexibility index (Phi) is 4.03. The van der Waals surface area contributed by atoms with Crippen molar-refractivity contribution >= 4 is 15.7 Å². The van der Waals surface area contributed by atoms with Gasteiger partial charge in [0, 0.05) is 11.8 Å². The molecule has 0 saturated heterocycles. The molecule has 0 atom stereocenters. The largest absolute Gasteiger partial charge is 0.274 e. The van der Waals surface area contributed by atoms with Crippen LogP contribution in [0, 0.1) is 0 Å². The smallest absolute Gasteiger partial charge is 0.274 e. The third-order valence-corrected chi connectivity index (χ3v) is 2.98. The van der Waals surface area contributed by atoms with Crippen LogP contribution >= 0.6 is 0 Å². The Morgan fingerprint density at radius 3 is 2.31 bits per heavy atom. The summed E-state index contributed by atoms with van der Waals surface area (Å²) in [5.41, 5.74) is 2.57. The Bertz CT molecular complexity index is 464. The maximum atomic E-state index is 11.4. The van der Waals surface area contributed by atoms with Crippen LogP contribution in [0.5, 0.6) is 0 Å². The van der Waals surface area contributed by atoms with Crippen molar-refractivity contribution in [1.82, 2.24) is 5.48 Å². The van der Waals surface area contributed by atoms with Crippen molar-refractivity contribution in [3.05, 3.63) is 29.8 Å². The topological polar surface area (TPSA) is 72.5 Å². The van der Waals surface area contributed by atoms with Crippen molar-refractivity contribution in [2.24, 2.45) is 0 Å². The van der Waals surface area contributed by atoms with Crippen LogP contribution in [0.15, 0.2) is 29.2 Å². The van der Waals surface area contributed by atoms with Crippen molar-refractivity contribution in [3.8, 4) is 0 Å². The van der Waals surface area contributed by atoms with Crippen molar-refractivity contribution < 1.29 is 18.0 Å². The Hall–Kier alpha value is -1.40. The second-order valence-electron chi connectivity index (χ2n) is 3.16. The highest BCUT2D eigenvalue weighted by atomic mass is 32.2. The van der Waals surface area contributed by atoms with Gasteiger partial charge >= 0.3 is 0 Å². The first-order valence-corrected chi connectivity index (χ1v) is 6.56. The number of nitrogens with one attached hydrogen (secondary N) is 1. The highest BCUT2D eigenvalue weighted by molar-refractivity contribution is 7.90. The summed E-state index contributed by atoms with van der Waals surface area (Å²) in [7, 11) is -3.23. The molecule has 1 amide bonds. The van der Waals surface area contributed by atoms with E-state index in [1.165, 1.54) is 24.3 Å². The van der Waals surface area contributed by atoms with Gasteiger partial charge in [-0.3, -0.25) is 9.63 Å². The average Bonchev–Trinajstić information content (AvgIpc) is 2.25. The fraction of sp³-hybridized carbons (Fsp3) is 0.300.